The summed E-state index contributed by atoms with van der Waals surface area (Å²) < 4.78 is 0. The van der Waals surface area contributed by atoms with Crippen LogP contribution in [0.15, 0.2) is 59.4 Å². The van der Waals surface area contributed by atoms with Crippen molar-refractivity contribution < 1.29 is 9.90 Å². The number of anilines is 2. The number of hydrogen-bond donors (Lipinski definition) is 2. The van der Waals surface area contributed by atoms with Gasteiger partial charge >= 0.3 is 6.03 Å². The quantitative estimate of drug-likeness (QED) is 0.880. The third kappa shape index (κ3) is 3.14. The molecule has 0 fully saturated rings. The molecule has 5 heteroatoms. The lowest BCUT2D eigenvalue weighted by Gasteiger charge is -2.17. The molecule has 0 atom stereocenters. The Kier molecular flexibility index (Phi) is 4.00. The average Bonchev–Trinajstić information content (AvgIpc) is 2.63. The van der Waals surface area contributed by atoms with Gasteiger partial charge in [-0.1, -0.05) is 18.2 Å². The van der Waals surface area contributed by atoms with E-state index in [-0.39, 0.29) is 11.8 Å². The van der Waals surface area contributed by atoms with Gasteiger partial charge in [-0.25, -0.2) is 4.79 Å². The van der Waals surface area contributed by atoms with Crippen molar-refractivity contribution in [2.75, 3.05) is 17.3 Å². The summed E-state index contributed by atoms with van der Waals surface area (Å²) in [5, 5.41) is 11.9. The van der Waals surface area contributed by atoms with Crippen LogP contribution in [0.25, 0.3) is 0 Å². The summed E-state index contributed by atoms with van der Waals surface area (Å²) in [5.74, 6) is -0.359. The molecule has 20 heavy (non-hydrogen) atoms. The van der Waals surface area contributed by atoms with Crippen LogP contribution in [0.1, 0.15) is 0 Å². The maximum absolute atomic E-state index is 12.1. The molecular weight excluding hydrogens is 256 g/mol. The van der Waals surface area contributed by atoms with Crippen LogP contribution in [0.3, 0.4) is 0 Å². The van der Waals surface area contributed by atoms with E-state index in [4.69, 9.17) is 0 Å². The van der Waals surface area contributed by atoms with Crippen LogP contribution in [0.5, 0.6) is 5.75 Å². The minimum absolute atomic E-state index is 0.339. The number of nitrogens with one attached hydrogen (secondary N) is 1. The highest BCUT2D eigenvalue weighted by molar-refractivity contribution is 6.01. The lowest BCUT2D eigenvalue weighted by Crippen LogP contribution is -2.30. The van der Waals surface area contributed by atoms with Crippen molar-refractivity contribution in [2.24, 2.45) is 0 Å². The number of carbonyl (C=O) groups is 1. The maximum Gasteiger partial charge on any atom is 0.326 e. The van der Waals surface area contributed by atoms with Crippen LogP contribution in [0.2, 0.25) is 0 Å². The van der Waals surface area contributed by atoms with Crippen LogP contribution in [-0.4, -0.2) is 18.2 Å². The Hall–Kier alpha value is -2.82. The van der Waals surface area contributed by atoms with E-state index in [2.05, 4.69) is 5.32 Å². The van der Waals surface area contributed by atoms with E-state index >= 15 is 0 Å². The van der Waals surface area contributed by atoms with E-state index in [9.17, 15) is 14.7 Å². The SMILES string of the molecule is CN(C(=O)Nc1ccc(O)c(=O)cc1)c1ccccc1. The van der Waals surface area contributed by atoms with Gasteiger partial charge in [-0.05, 0) is 36.4 Å². The summed E-state index contributed by atoms with van der Waals surface area (Å²) in [7, 11) is 1.64. The van der Waals surface area contributed by atoms with E-state index in [1.54, 1.807) is 7.05 Å². The molecule has 2 N–H and O–H groups in total. The monoisotopic (exact) mass is 270 g/mol. The van der Waals surface area contributed by atoms with E-state index in [1.165, 1.54) is 29.2 Å². The van der Waals surface area contributed by atoms with Gasteiger partial charge in [0.05, 0.1) is 0 Å². The van der Waals surface area contributed by atoms with Gasteiger partial charge in [0.2, 0.25) is 5.43 Å². The molecule has 0 aliphatic rings. The molecule has 0 radical (unpaired) electrons. The summed E-state index contributed by atoms with van der Waals surface area (Å²) in [4.78, 5) is 24.7. The molecule has 0 unspecified atom stereocenters. The summed E-state index contributed by atoms with van der Waals surface area (Å²) in [6, 6.07) is 14.2. The van der Waals surface area contributed by atoms with Gasteiger partial charge in [-0.15, -0.1) is 0 Å². The Morgan fingerprint density at radius 1 is 1.05 bits per heavy atom. The molecule has 0 aliphatic heterocycles. The van der Waals surface area contributed by atoms with Crippen molar-refractivity contribution in [1.29, 1.82) is 0 Å². The molecule has 0 aromatic heterocycles. The molecule has 0 saturated carbocycles. The molecule has 5 nitrogen and oxygen atoms in total. The lowest BCUT2D eigenvalue weighted by molar-refractivity contribution is 0.258. The van der Waals surface area contributed by atoms with Gasteiger partial charge in [0.1, 0.15) is 0 Å². The molecule has 102 valence electrons. The minimum Gasteiger partial charge on any atom is -0.504 e. The minimum atomic E-state index is -0.498. The second kappa shape index (κ2) is 5.88. The zero-order valence-electron chi connectivity index (χ0n) is 10.9. The van der Waals surface area contributed by atoms with Gasteiger partial charge < -0.3 is 10.4 Å². The van der Waals surface area contributed by atoms with E-state index in [0.29, 0.717) is 5.69 Å². The highest BCUT2D eigenvalue weighted by atomic mass is 16.3. The molecule has 2 amide bonds. The van der Waals surface area contributed by atoms with Crippen molar-refractivity contribution in [1.82, 2.24) is 0 Å². The van der Waals surface area contributed by atoms with Crippen LogP contribution < -0.4 is 15.6 Å². The molecule has 2 rings (SSSR count). The number of para-hydroxylation sites is 1. The van der Waals surface area contributed by atoms with Gasteiger partial charge in [0.25, 0.3) is 0 Å². The lowest BCUT2D eigenvalue weighted by atomic mass is 10.3. The first-order valence-electron chi connectivity index (χ1n) is 6.01. The fourth-order valence-corrected chi connectivity index (χ4v) is 1.62. The molecule has 0 heterocycles. The largest absolute Gasteiger partial charge is 0.504 e. The number of urea groups is 1. The summed E-state index contributed by atoms with van der Waals surface area (Å²) >= 11 is 0. The first kappa shape index (κ1) is 13.6. The van der Waals surface area contributed by atoms with Gasteiger partial charge in [-0.2, -0.15) is 0 Å². The summed E-state index contributed by atoms with van der Waals surface area (Å²) in [6.45, 7) is 0. The topological polar surface area (TPSA) is 69.6 Å². The molecule has 0 aliphatic carbocycles. The summed E-state index contributed by atoms with van der Waals surface area (Å²) in [5.41, 5.74) is 0.676. The smallest absolute Gasteiger partial charge is 0.326 e. The number of carbonyl (C=O) groups excluding carboxylic acids is 1. The second-order valence-corrected chi connectivity index (χ2v) is 4.20. The Labute approximate surface area is 116 Å². The number of benzene rings is 1. The molecule has 2 aromatic rings. The Bertz CT molecular complexity index is 671. The molecule has 0 spiro atoms. The van der Waals surface area contributed by atoms with Crippen LogP contribution >= 0.6 is 0 Å². The van der Waals surface area contributed by atoms with Crippen molar-refractivity contribution in [3.8, 4) is 5.75 Å². The van der Waals surface area contributed by atoms with E-state index < -0.39 is 5.43 Å². The zero-order chi connectivity index (χ0) is 14.5. The molecule has 0 bridgehead atoms. The Morgan fingerprint density at radius 2 is 1.70 bits per heavy atom. The predicted octanol–water partition coefficient (Wildman–Crippen LogP) is 2.42. The normalized spacial score (nSPS) is 9.85. The molecule has 2 aromatic carbocycles. The Balaban J connectivity index is 2.16. The number of hydrogen-bond acceptors (Lipinski definition) is 3. The average molecular weight is 270 g/mol. The first-order chi connectivity index (χ1) is 9.58. The number of aromatic hydroxyl groups is 1. The van der Waals surface area contributed by atoms with Gasteiger partial charge in [-0.3, -0.25) is 9.69 Å². The summed E-state index contributed by atoms with van der Waals surface area (Å²) in [6.07, 6.45) is 0. The van der Waals surface area contributed by atoms with E-state index in [1.807, 2.05) is 30.3 Å². The van der Waals surface area contributed by atoms with Crippen molar-refractivity contribution >= 4 is 17.4 Å². The van der Waals surface area contributed by atoms with E-state index in [0.717, 1.165) is 5.69 Å². The highest BCUT2D eigenvalue weighted by Crippen LogP contribution is 2.13. The van der Waals surface area contributed by atoms with Crippen LogP contribution in [0.4, 0.5) is 16.2 Å². The van der Waals surface area contributed by atoms with Crippen LogP contribution in [0, 0.1) is 0 Å². The molecule has 0 saturated heterocycles. The highest BCUT2D eigenvalue weighted by Gasteiger charge is 2.10. The number of rotatable bonds is 2. The van der Waals surface area contributed by atoms with Crippen LogP contribution in [-0.2, 0) is 0 Å². The predicted molar refractivity (Wildman–Crippen MR) is 78.2 cm³/mol. The zero-order valence-corrected chi connectivity index (χ0v) is 10.9. The standard InChI is InChI=1S/C15H14N2O3/c1-17(12-5-3-2-4-6-12)15(20)16-11-7-9-13(18)14(19)10-8-11/h2-10H,1H3,(H,16,20)(H,18,19). The van der Waals surface area contributed by atoms with Crippen molar-refractivity contribution in [3.63, 3.8) is 0 Å². The third-order valence-corrected chi connectivity index (χ3v) is 2.79. The molecular formula is C15H14N2O3. The van der Waals surface area contributed by atoms with Gasteiger partial charge in [0, 0.05) is 18.4 Å². The fourth-order valence-electron chi connectivity index (χ4n) is 1.62. The third-order valence-electron chi connectivity index (χ3n) is 2.79. The number of amides is 2. The maximum atomic E-state index is 12.1. The van der Waals surface area contributed by atoms with Crippen molar-refractivity contribution in [2.45, 2.75) is 0 Å². The van der Waals surface area contributed by atoms with Gasteiger partial charge in [0.15, 0.2) is 5.75 Å². The number of nitrogens with zero attached hydrogens (tertiary/aromatic N) is 1. The fraction of sp³-hybridized carbons (Fsp3) is 0.0667. The van der Waals surface area contributed by atoms with Crippen molar-refractivity contribution in [3.05, 3.63) is 64.8 Å². The second-order valence-electron chi connectivity index (χ2n) is 4.20. The Morgan fingerprint density at radius 3 is 2.40 bits per heavy atom. The first-order valence-corrected chi connectivity index (χ1v) is 6.01.